The smallest absolute Gasteiger partial charge is 0.229 e. The maximum absolute atomic E-state index is 13.6. The predicted molar refractivity (Wildman–Crippen MR) is 137 cm³/mol. The van der Waals surface area contributed by atoms with E-state index in [2.05, 4.69) is 0 Å². The summed E-state index contributed by atoms with van der Waals surface area (Å²) in [5.41, 5.74) is 2.99. The quantitative estimate of drug-likeness (QED) is 0.317. The van der Waals surface area contributed by atoms with Gasteiger partial charge in [-0.25, -0.2) is 8.78 Å². The number of carbonyl (C=O) groups excluding carboxylic acids is 1. The molecule has 5 rings (SSSR count). The van der Waals surface area contributed by atoms with Gasteiger partial charge in [0.15, 0.2) is 0 Å². The van der Waals surface area contributed by atoms with Crippen molar-refractivity contribution < 1.29 is 18.3 Å². The van der Waals surface area contributed by atoms with Crippen LogP contribution in [0.25, 0.3) is 6.08 Å². The molecule has 36 heavy (non-hydrogen) atoms. The number of rotatable bonds is 8. The molecule has 1 heterocycles. The SMILES string of the molecule is O=C1[C@H](C/C=C\c2ccc(F)cc2)[C@@H](c2ccc(OCc3ccccc3)cc2)N1C1C=CC(F)=CC1. The van der Waals surface area contributed by atoms with Gasteiger partial charge in [-0.05, 0) is 65.9 Å². The summed E-state index contributed by atoms with van der Waals surface area (Å²) in [5.74, 6) is 0.0456. The molecule has 0 bridgehead atoms. The van der Waals surface area contributed by atoms with Crippen molar-refractivity contribution in [3.05, 3.63) is 132 Å². The van der Waals surface area contributed by atoms with Gasteiger partial charge in [0, 0.05) is 0 Å². The third-order valence-corrected chi connectivity index (χ3v) is 6.68. The van der Waals surface area contributed by atoms with Gasteiger partial charge >= 0.3 is 0 Å². The first-order valence-corrected chi connectivity index (χ1v) is 12.1. The summed E-state index contributed by atoms with van der Waals surface area (Å²) in [6.45, 7) is 0.482. The van der Waals surface area contributed by atoms with E-state index in [1.165, 1.54) is 24.3 Å². The number of carbonyl (C=O) groups is 1. The number of benzene rings is 3. The van der Waals surface area contributed by atoms with E-state index < -0.39 is 0 Å². The van der Waals surface area contributed by atoms with Crippen molar-refractivity contribution in [1.82, 2.24) is 4.90 Å². The van der Waals surface area contributed by atoms with Gasteiger partial charge in [-0.3, -0.25) is 4.79 Å². The number of nitrogens with zero attached hydrogens (tertiary/aromatic N) is 1. The van der Waals surface area contributed by atoms with Crippen LogP contribution in [0.2, 0.25) is 0 Å². The maximum Gasteiger partial charge on any atom is 0.229 e. The third kappa shape index (κ3) is 5.30. The molecule has 1 fully saturated rings. The molecule has 3 nitrogen and oxygen atoms in total. The highest BCUT2D eigenvalue weighted by molar-refractivity contribution is 5.87. The minimum Gasteiger partial charge on any atom is -0.489 e. The van der Waals surface area contributed by atoms with E-state index in [1.54, 1.807) is 18.2 Å². The van der Waals surface area contributed by atoms with E-state index >= 15 is 0 Å². The number of halogens is 2. The molecular formula is C31H27F2NO2. The number of likely N-dealkylation sites (tertiary alicyclic amines) is 1. The second-order valence-corrected chi connectivity index (χ2v) is 9.08. The molecule has 0 aromatic heterocycles. The Kier molecular flexibility index (Phi) is 7.08. The van der Waals surface area contributed by atoms with Crippen LogP contribution in [0, 0.1) is 11.7 Å². The van der Waals surface area contributed by atoms with Crippen LogP contribution < -0.4 is 4.74 Å². The van der Waals surface area contributed by atoms with Crippen molar-refractivity contribution in [3.8, 4) is 5.75 Å². The lowest BCUT2D eigenvalue weighted by Gasteiger charge is -2.51. The van der Waals surface area contributed by atoms with E-state index in [-0.39, 0.29) is 35.6 Å². The molecule has 3 aromatic carbocycles. The maximum atomic E-state index is 13.6. The van der Waals surface area contributed by atoms with E-state index in [0.29, 0.717) is 19.4 Å². The normalized spacial score (nSPS) is 21.4. The zero-order valence-corrected chi connectivity index (χ0v) is 19.8. The molecule has 1 amide bonds. The third-order valence-electron chi connectivity index (χ3n) is 6.68. The van der Waals surface area contributed by atoms with Gasteiger partial charge in [-0.2, -0.15) is 0 Å². The van der Waals surface area contributed by atoms with E-state index in [9.17, 15) is 13.6 Å². The molecule has 1 saturated heterocycles. The second-order valence-electron chi connectivity index (χ2n) is 9.08. The molecule has 3 atom stereocenters. The fraction of sp³-hybridized carbons (Fsp3) is 0.194. The molecular weight excluding hydrogens is 456 g/mol. The molecule has 0 radical (unpaired) electrons. The molecule has 182 valence electrons. The molecule has 1 aliphatic carbocycles. The Morgan fingerprint density at radius 3 is 2.39 bits per heavy atom. The van der Waals surface area contributed by atoms with Gasteiger partial charge in [0.05, 0.1) is 18.0 Å². The average molecular weight is 484 g/mol. The van der Waals surface area contributed by atoms with Gasteiger partial charge in [0.2, 0.25) is 5.91 Å². The van der Waals surface area contributed by atoms with Crippen molar-refractivity contribution in [2.24, 2.45) is 5.92 Å². The summed E-state index contributed by atoms with van der Waals surface area (Å²) in [6.07, 6.45) is 9.62. The zero-order valence-electron chi connectivity index (χ0n) is 19.8. The van der Waals surface area contributed by atoms with Crippen LogP contribution >= 0.6 is 0 Å². The standard InChI is InChI=1S/C31H27F2NO2/c32-25-13-9-22(10-14-25)7-4-8-29-30(34(31(29)35)27-17-15-26(33)16-18-27)24-11-19-28(20-12-24)36-21-23-5-2-1-3-6-23/h1-7,9-17,19-20,27,29-30H,8,18,21H2/b7-4-/t27?,29-,30-/m1/s1. The van der Waals surface area contributed by atoms with Crippen molar-refractivity contribution in [2.45, 2.75) is 31.5 Å². The Morgan fingerprint density at radius 2 is 1.69 bits per heavy atom. The number of ether oxygens (including phenoxy) is 1. The van der Waals surface area contributed by atoms with E-state index in [4.69, 9.17) is 4.74 Å². The molecule has 0 spiro atoms. The topological polar surface area (TPSA) is 29.5 Å². The minimum absolute atomic E-state index is 0.0542. The van der Waals surface area contributed by atoms with Gasteiger partial charge in [-0.1, -0.05) is 72.8 Å². The van der Waals surface area contributed by atoms with Crippen molar-refractivity contribution >= 4 is 12.0 Å². The monoisotopic (exact) mass is 483 g/mol. The molecule has 1 unspecified atom stereocenters. The number of amides is 1. The second kappa shape index (κ2) is 10.7. The first-order valence-electron chi connectivity index (χ1n) is 12.1. The number of hydrogen-bond donors (Lipinski definition) is 0. The predicted octanol–water partition coefficient (Wildman–Crippen LogP) is 7.19. The van der Waals surface area contributed by atoms with Crippen LogP contribution in [0.4, 0.5) is 8.78 Å². The highest BCUT2D eigenvalue weighted by atomic mass is 19.1. The van der Waals surface area contributed by atoms with Crippen molar-refractivity contribution in [2.75, 3.05) is 0 Å². The fourth-order valence-corrected chi connectivity index (χ4v) is 4.78. The lowest BCUT2D eigenvalue weighted by Crippen LogP contribution is -2.58. The largest absolute Gasteiger partial charge is 0.489 e. The fourth-order valence-electron chi connectivity index (χ4n) is 4.78. The minimum atomic E-state index is -0.278. The summed E-state index contributed by atoms with van der Waals surface area (Å²) < 4.78 is 32.7. The van der Waals surface area contributed by atoms with Crippen LogP contribution in [0.15, 0.2) is 109 Å². The Labute approximate surface area is 210 Å². The van der Waals surface area contributed by atoms with Crippen molar-refractivity contribution in [3.63, 3.8) is 0 Å². The number of hydrogen-bond acceptors (Lipinski definition) is 2. The van der Waals surface area contributed by atoms with Crippen LogP contribution in [0.1, 0.15) is 35.6 Å². The first kappa shape index (κ1) is 23.7. The Balaban J connectivity index is 1.31. The molecule has 0 N–H and O–H groups in total. The average Bonchev–Trinajstić information content (AvgIpc) is 2.91. The van der Waals surface area contributed by atoms with E-state index in [1.807, 2.05) is 71.6 Å². The highest BCUT2D eigenvalue weighted by Crippen LogP contribution is 2.45. The van der Waals surface area contributed by atoms with Crippen LogP contribution in [0.3, 0.4) is 0 Å². The highest BCUT2D eigenvalue weighted by Gasteiger charge is 2.49. The van der Waals surface area contributed by atoms with Crippen LogP contribution in [-0.4, -0.2) is 16.8 Å². The van der Waals surface area contributed by atoms with Gasteiger partial charge in [0.25, 0.3) is 0 Å². The van der Waals surface area contributed by atoms with Crippen LogP contribution in [-0.2, 0) is 11.4 Å². The Hall–Kier alpha value is -3.99. The van der Waals surface area contributed by atoms with Gasteiger partial charge in [-0.15, -0.1) is 0 Å². The molecule has 0 saturated carbocycles. The Bertz CT molecular complexity index is 1280. The molecule has 1 aliphatic heterocycles. The molecule has 2 aliphatic rings. The molecule has 5 heteroatoms. The summed E-state index contributed by atoms with van der Waals surface area (Å²) in [7, 11) is 0. The summed E-state index contributed by atoms with van der Waals surface area (Å²) in [4.78, 5) is 15.1. The summed E-state index contributed by atoms with van der Waals surface area (Å²) >= 11 is 0. The van der Waals surface area contributed by atoms with Gasteiger partial charge < -0.3 is 9.64 Å². The molecule has 3 aromatic rings. The zero-order chi connectivity index (χ0) is 24.9. The van der Waals surface area contributed by atoms with Crippen molar-refractivity contribution in [1.29, 1.82) is 0 Å². The number of allylic oxidation sites excluding steroid dienone is 3. The lowest BCUT2D eigenvalue weighted by atomic mass is 9.78. The summed E-state index contributed by atoms with van der Waals surface area (Å²) in [6, 6.07) is 23.8. The van der Waals surface area contributed by atoms with Gasteiger partial charge in [0.1, 0.15) is 24.0 Å². The van der Waals surface area contributed by atoms with E-state index in [0.717, 1.165) is 22.4 Å². The number of β-lactam (4-membered cyclic amide) rings is 1. The first-order chi connectivity index (χ1) is 17.6. The lowest BCUT2D eigenvalue weighted by molar-refractivity contribution is -0.159. The summed E-state index contributed by atoms with van der Waals surface area (Å²) in [5, 5.41) is 0. The van der Waals surface area contributed by atoms with Crippen LogP contribution in [0.5, 0.6) is 5.75 Å². The Morgan fingerprint density at radius 1 is 0.944 bits per heavy atom.